The zero-order chi connectivity index (χ0) is 14.3. The molecule has 2 N–H and O–H groups in total. The maximum atomic E-state index is 11.7. The van der Waals surface area contributed by atoms with Crippen LogP contribution in [0.2, 0.25) is 0 Å². The molecule has 0 aliphatic carbocycles. The van der Waals surface area contributed by atoms with E-state index in [1.165, 1.54) is 11.8 Å². The summed E-state index contributed by atoms with van der Waals surface area (Å²) in [4.78, 5) is 23.0. The molecule has 0 fully saturated rings. The van der Waals surface area contributed by atoms with Crippen LogP contribution in [0.15, 0.2) is 21.7 Å². The van der Waals surface area contributed by atoms with Crippen LogP contribution in [0.3, 0.4) is 0 Å². The van der Waals surface area contributed by atoms with E-state index in [-0.39, 0.29) is 12.5 Å². The van der Waals surface area contributed by atoms with Gasteiger partial charge >= 0.3 is 5.97 Å². The maximum Gasteiger partial charge on any atom is 0.311 e. The Bertz CT molecular complexity index is 414. The highest BCUT2D eigenvalue weighted by Gasteiger charge is 2.34. The average molecular weight is 301 g/mol. The summed E-state index contributed by atoms with van der Waals surface area (Å²) in [5.41, 5.74) is -0.844. The van der Waals surface area contributed by atoms with Crippen LogP contribution in [0.5, 0.6) is 0 Å². The normalized spacial score (nSPS) is 11.3. The lowest BCUT2D eigenvalue weighted by atomic mass is 9.82. The molecule has 0 spiro atoms. The molecule has 1 heterocycles. The van der Waals surface area contributed by atoms with Gasteiger partial charge < -0.3 is 10.4 Å². The van der Waals surface area contributed by atoms with Crippen molar-refractivity contribution >= 4 is 35.0 Å². The first kappa shape index (κ1) is 16.0. The standard InChI is InChI=1S/C13H19NO3S2/c1-3-13(4-2,12(16)17)9-14-10(15)8-19-11-6-5-7-18-11/h5-7H,3-4,8-9H2,1-2H3,(H,14,15)(H,16,17). The van der Waals surface area contributed by atoms with E-state index in [2.05, 4.69) is 5.32 Å². The van der Waals surface area contributed by atoms with E-state index in [1.807, 2.05) is 31.4 Å². The fourth-order valence-corrected chi connectivity index (χ4v) is 3.29. The van der Waals surface area contributed by atoms with Gasteiger partial charge in [0.25, 0.3) is 0 Å². The van der Waals surface area contributed by atoms with Gasteiger partial charge in [0.05, 0.1) is 15.4 Å². The largest absolute Gasteiger partial charge is 0.481 e. The van der Waals surface area contributed by atoms with E-state index in [0.29, 0.717) is 18.6 Å². The Morgan fingerprint density at radius 1 is 1.42 bits per heavy atom. The van der Waals surface area contributed by atoms with Gasteiger partial charge in [0.1, 0.15) is 0 Å². The van der Waals surface area contributed by atoms with Crippen molar-refractivity contribution in [1.82, 2.24) is 5.32 Å². The molecule has 0 saturated heterocycles. The fraction of sp³-hybridized carbons (Fsp3) is 0.538. The van der Waals surface area contributed by atoms with Crippen molar-refractivity contribution in [3.8, 4) is 0 Å². The summed E-state index contributed by atoms with van der Waals surface area (Å²) in [5.74, 6) is -0.640. The summed E-state index contributed by atoms with van der Waals surface area (Å²) in [5, 5.41) is 14.0. The molecule has 1 aromatic rings. The molecule has 0 aliphatic heterocycles. The van der Waals surface area contributed by atoms with Gasteiger partial charge in [-0.25, -0.2) is 0 Å². The summed E-state index contributed by atoms with van der Waals surface area (Å²) < 4.78 is 1.09. The van der Waals surface area contributed by atoms with Crippen LogP contribution in [-0.4, -0.2) is 29.3 Å². The van der Waals surface area contributed by atoms with Gasteiger partial charge in [-0.3, -0.25) is 9.59 Å². The van der Waals surface area contributed by atoms with Gasteiger partial charge in [-0.1, -0.05) is 19.9 Å². The predicted molar refractivity (Wildman–Crippen MR) is 78.7 cm³/mol. The molecule has 0 unspecified atom stereocenters. The summed E-state index contributed by atoms with van der Waals surface area (Å²) in [6.45, 7) is 3.87. The molecule has 1 aromatic heterocycles. The Morgan fingerprint density at radius 3 is 2.58 bits per heavy atom. The number of nitrogens with one attached hydrogen (secondary N) is 1. The molecule has 0 bridgehead atoms. The molecule has 6 heteroatoms. The van der Waals surface area contributed by atoms with Crippen molar-refractivity contribution in [3.63, 3.8) is 0 Å². The number of hydrogen-bond donors (Lipinski definition) is 2. The van der Waals surface area contributed by atoms with Crippen molar-refractivity contribution in [2.45, 2.75) is 30.9 Å². The summed E-state index contributed by atoms with van der Waals surface area (Å²) >= 11 is 3.06. The summed E-state index contributed by atoms with van der Waals surface area (Å²) in [7, 11) is 0. The molecule has 1 rings (SSSR count). The monoisotopic (exact) mass is 301 g/mol. The molecule has 0 atom stereocenters. The Hall–Kier alpha value is -1.01. The minimum Gasteiger partial charge on any atom is -0.481 e. The molecule has 0 aromatic carbocycles. The van der Waals surface area contributed by atoms with Gasteiger partial charge in [0.15, 0.2) is 0 Å². The third-order valence-electron chi connectivity index (χ3n) is 3.27. The molecule has 0 radical (unpaired) electrons. The minimum absolute atomic E-state index is 0.120. The number of amides is 1. The molecule has 1 amide bonds. The Balaban J connectivity index is 2.42. The lowest BCUT2D eigenvalue weighted by Crippen LogP contribution is -2.42. The van der Waals surface area contributed by atoms with Crippen molar-refractivity contribution in [1.29, 1.82) is 0 Å². The molecule has 19 heavy (non-hydrogen) atoms. The first-order valence-corrected chi connectivity index (χ1v) is 8.07. The van der Waals surface area contributed by atoms with Crippen molar-refractivity contribution in [2.24, 2.45) is 5.41 Å². The summed E-state index contributed by atoms with van der Waals surface area (Å²) in [6, 6.07) is 3.90. The second-order valence-electron chi connectivity index (χ2n) is 4.29. The van der Waals surface area contributed by atoms with E-state index < -0.39 is 11.4 Å². The van der Waals surface area contributed by atoms with Gasteiger partial charge in [-0.2, -0.15) is 0 Å². The SMILES string of the molecule is CCC(CC)(CNC(=O)CSc1cccs1)C(=O)O. The zero-order valence-electron chi connectivity index (χ0n) is 11.1. The van der Waals surface area contributed by atoms with Crippen molar-refractivity contribution in [2.75, 3.05) is 12.3 Å². The highest BCUT2D eigenvalue weighted by Crippen LogP contribution is 2.26. The minimum atomic E-state index is -0.844. The quantitative estimate of drug-likeness (QED) is 0.725. The Kier molecular flexibility index (Phi) is 6.37. The second-order valence-corrected chi connectivity index (χ2v) is 6.51. The molecular weight excluding hydrogens is 282 g/mol. The van der Waals surface area contributed by atoms with Crippen LogP contribution in [-0.2, 0) is 9.59 Å². The topological polar surface area (TPSA) is 66.4 Å². The number of thioether (sulfide) groups is 1. The van der Waals surface area contributed by atoms with Crippen LogP contribution in [0.4, 0.5) is 0 Å². The van der Waals surface area contributed by atoms with Gasteiger partial charge in [0, 0.05) is 6.54 Å². The van der Waals surface area contributed by atoms with Gasteiger partial charge in [-0.05, 0) is 24.3 Å². The lowest BCUT2D eigenvalue weighted by Gasteiger charge is -2.26. The first-order valence-electron chi connectivity index (χ1n) is 6.20. The average Bonchev–Trinajstić information content (AvgIpc) is 2.91. The third-order valence-corrected chi connectivity index (χ3v) is 5.40. The van der Waals surface area contributed by atoms with Crippen molar-refractivity contribution < 1.29 is 14.7 Å². The number of aliphatic carboxylic acids is 1. The highest BCUT2D eigenvalue weighted by atomic mass is 32.2. The van der Waals surface area contributed by atoms with E-state index >= 15 is 0 Å². The number of carboxylic acids is 1. The van der Waals surface area contributed by atoms with Gasteiger partial charge in [-0.15, -0.1) is 23.1 Å². The number of thiophene rings is 1. The lowest BCUT2D eigenvalue weighted by molar-refractivity contribution is -0.149. The number of rotatable bonds is 8. The molecule has 0 saturated carbocycles. The zero-order valence-corrected chi connectivity index (χ0v) is 12.8. The fourth-order valence-electron chi connectivity index (χ4n) is 1.68. The van der Waals surface area contributed by atoms with Crippen LogP contribution in [0.25, 0.3) is 0 Å². The summed E-state index contributed by atoms with van der Waals surface area (Å²) in [6.07, 6.45) is 1.02. The van der Waals surface area contributed by atoms with E-state index in [1.54, 1.807) is 11.3 Å². The smallest absolute Gasteiger partial charge is 0.311 e. The number of carbonyl (C=O) groups excluding carboxylic acids is 1. The number of carbonyl (C=O) groups is 2. The Morgan fingerprint density at radius 2 is 2.11 bits per heavy atom. The first-order chi connectivity index (χ1) is 9.04. The number of carboxylic acid groups (broad SMARTS) is 1. The number of hydrogen-bond acceptors (Lipinski definition) is 4. The molecule has 0 aliphatic rings. The molecule has 106 valence electrons. The predicted octanol–water partition coefficient (Wildman–Crippen LogP) is 2.85. The van der Waals surface area contributed by atoms with E-state index in [0.717, 1.165) is 4.21 Å². The van der Waals surface area contributed by atoms with E-state index in [9.17, 15) is 14.7 Å². The van der Waals surface area contributed by atoms with E-state index in [4.69, 9.17) is 0 Å². The third kappa shape index (κ3) is 4.54. The second kappa shape index (κ2) is 7.55. The Labute approximate surface area is 121 Å². The molecular formula is C13H19NO3S2. The van der Waals surface area contributed by atoms with Crippen LogP contribution < -0.4 is 5.32 Å². The van der Waals surface area contributed by atoms with Crippen LogP contribution >= 0.6 is 23.1 Å². The highest BCUT2D eigenvalue weighted by molar-refractivity contribution is 8.01. The van der Waals surface area contributed by atoms with Crippen LogP contribution in [0.1, 0.15) is 26.7 Å². The maximum absolute atomic E-state index is 11.7. The van der Waals surface area contributed by atoms with Crippen LogP contribution in [0, 0.1) is 5.41 Å². The molecule has 4 nitrogen and oxygen atoms in total. The van der Waals surface area contributed by atoms with Gasteiger partial charge in [0.2, 0.25) is 5.91 Å². The van der Waals surface area contributed by atoms with Crippen molar-refractivity contribution in [3.05, 3.63) is 17.5 Å².